The van der Waals surface area contributed by atoms with Crippen molar-refractivity contribution in [2.24, 2.45) is 0 Å². The Bertz CT molecular complexity index is 507. The van der Waals surface area contributed by atoms with E-state index in [0.717, 1.165) is 49.9 Å². The van der Waals surface area contributed by atoms with E-state index in [0.29, 0.717) is 5.75 Å². The van der Waals surface area contributed by atoms with Gasteiger partial charge in [0, 0.05) is 49.9 Å². The van der Waals surface area contributed by atoms with Gasteiger partial charge in [-0.1, -0.05) is 29.8 Å². The first-order valence-electron chi connectivity index (χ1n) is 7.34. The molecule has 2 saturated heterocycles. The number of thioether (sulfide) groups is 1. The van der Waals surface area contributed by atoms with Crippen LogP contribution in [0.25, 0.3) is 0 Å². The summed E-state index contributed by atoms with van der Waals surface area (Å²) >= 11 is 7.97. The molecule has 1 aromatic carbocycles. The van der Waals surface area contributed by atoms with Crippen LogP contribution in [0.1, 0.15) is 10.9 Å². The zero-order chi connectivity index (χ0) is 14.7. The van der Waals surface area contributed by atoms with Crippen LogP contribution in [0.2, 0.25) is 5.02 Å². The number of carbonyl (C=O) groups excluding carboxylic acids is 1. The highest BCUT2D eigenvalue weighted by Crippen LogP contribution is 2.41. The van der Waals surface area contributed by atoms with Crippen molar-refractivity contribution in [3.8, 4) is 0 Å². The van der Waals surface area contributed by atoms with Gasteiger partial charge < -0.3 is 10.2 Å². The van der Waals surface area contributed by atoms with Gasteiger partial charge in [0.1, 0.15) is 5.37 Å². The fourth-order valence-electron chi connectivity index (χ4n) is 2.81. The van der Waals surface area contributed by atoms with Crippen LogP contribution in [0.5, 0.6) is 0 Å². The highest BCUT2D eigenvalue weighted by Gasteiger charge is 2.33. The molecule has 21 heavy (non-hydrogen) atoms. The third kappa shape index (κ3) is 3.54. The number of nitrogens with zero attached hydrogens (tertiary/aromatic N) is 2. The Morgan fingerprint density at radius 1 is 1.24 bits per heavy atom. The first-order chi connectivity index (χ1) is 10.3. The summed E-state index contributed by atoms with van der Waals surface area (Å²) in [5.41, 5.74) is 1.05. The van der Waals surface area contributed by atoms with Crippen molar-refractivity contribution in [3.63, 3.8) is 0 Å². The molecule has 0 saturated carbocycles. The van der Waals surface area contributed by atoms with E-state index >= 15 is 0 Å². The molecule has 0 spiro atoms. The molecule has 0 aromatic heterocycles. The van der Waals surface area contributed by atoms with Gasteiger partial charge in [0.2, 0.25) is 5.91 Å². The fraction of sp³-hybridized carbons (Fsp3) is 0.533. The van der Waals surface area contributed by atoms with Crippen LogP contribution >= 0.6 is 23.4 Å². The summed E-state index contributed by atoms with van der Waals surface area (Å²) in [6.07, 6.45) is 0. The molecule has 2 aliphatic rings. The van der Waals surface area contributed by atoms with Gasteiger partial charge in [0.25, 0.3) is 0 Å². The number of carbonyl (C=O) groups is 1. The topological polar surface area (TPSA) is 35.6 Å². The number of hydrogen-bond acceptors (Lipinski definition) is 4. The van der Waals surface area contributed by atoms with E-state index in [-0.39, 0.29) is 11.3 Å². The zero-order valence-electron chi connectivity index (χ0n) is 11.9. The van der Waals surface area contributed by atoms with Crippen LogP contribution in [-0.4, -0.2) is 60.7 Å². The number of piperazine rings is 1. The van der Waals surface area contributed by atoms with Crippen molar-refractivity contribution in [1.29, 1.82) is 0 Å². The molecule has 2 aliphatic heterocycles. The summed E-state index contributed by atoms with van der Waals surface area (Å²) in [5, 5.41) is 4.16. The minimum atomic E-state index is 0.0640. The molecule has 1 N–H and O–H groups in total. The fourth-order valence-corrected chi connectivity index (χ4v) is 4.37. The maximum absolute atomic E-state index is 12.2. The SMILES string of the molecule is O=C1CSC(c2ccccc2Cl)N1CCN1CCNCC1. The number of nitrogens with one attached hydrogen (secondary N) is 1. The van der Waals surface area contributed by atoms with Crippen LogP contribution in [0.3, 0.4) is 0 Å². The number of benzene rings is 1. The summed E-state index contributed by atoms with van der Waals surface area (Å²) in [5.74, 6) is 0.775. The van der Waals surface area contributed by atoms with Crippen LogP contribution in [0.15, 0.2) is 24.3 Å². The average Bonchev–Trinajstić information content (AvgIpc) is 2.88. The molecular formula is C15H20ClN3OS. The second kappa shape index (κ2) is 7.01. The number of hydrogen-bond donors (Lipinski definition) is 1. The van der Waals surface area contributed by atoms with Gasteiger partial charge in [0.15, 0.2) is 0 Å². The van der Waals surface area contributed by atoms with Gasteiger partial charge >= 0.3 is 0 Å². The van der Waals surface area contributed by atoms with Crippen molar-refractivity contribution in [3.05, 3.63) is 34.9 Å². The van der Waals surface area contributed by atoms with Gasteiger partial charge in [-0.2, -0.15) is 0 Å². The highest BCUT2D eigenvalue weighted by molar-refractivity contribution is 8.00. The molecule has 4 nitrogen and oxygen atoms in total. The minimum Gasteiger partial charge on any atom is -0.324 e. The Balaban J connectivity index is 1.66. The van der Waals surface area contributed by atoms with Gasteiger partial charge in [-0.05, 0) is 6.07 Å². The Morgan fingerprint density at radius 2 is 2.00 bits per heavy atom. The van der Waals surface area contributed by atoms with Gasteiger partial charge in [-0.15, -0.1) is 11.8 Å². The summed E-state index contributed by atoms with van der Waals surface area (Å²) < 4.78 is 0. The average molecular weight is 326 g/mol. The largest absolute Gasteiger partial charge is 0.324 e. The predicted octanol–water partition coefficient (Wildman–Crippen LogP) is 1.82. The standard InChI is InChI=1S/C15H20ClN3OS/c16-13-4-2-1-3-12(13)15-19(14(20)11-21-15)10-9-18-7-5-17-6-8-18/h1-4,15,17H,5-11H2. The molecular weight excluding hydrogens is 306 g/mol. The summed E-state index contributed by atoms with van der Waals surface area (Å²) in [6, 6.07) is 7.84. The first kappa shape index (κ1) is 15.2. The Labute approximate surface area is 134 Å². The third-order valence-electron chi connectivity index (χ3n) is 4.01. The Morgan fingerprint density at radius 3 is 2.76 bits per heavy atom. The van der Waals surface area contributed by atoms with Crippen LogP contribution in [-0.2, 0) is 4.79 Å². The number of rotatable bonds is 4. The first-order valence-corrected chi connectivity index (χ1v) is 8.77. The molecule has 0 radical (unpaired) electrons. The second-order valence-electron chi connectivity index (χ2n) is 5.36. The highest BCUT2D eigenvalue weighted by atomic mass is 35.5. The van der Waals surface area contributed by atoms with Gasteiger partial charge in [0.05, 0.1) is 5.75 Å². The summed E-state index contributed by atoms with van der Waals surface area (Å²) in [7, 11) is 0. The van der Waals surface area contributed by atoms with Crippen molar-refractivity contribution in [2.75, 3.05) is 45.0 Å². The van der Waals surface area contributed by atoms with Gasteiger partial charge in [-0.3, -0.25) is 9.69 Å². The van der Waals surface area contributed by atoms with Crippen LogP contribution in [0, 0.1) is 0 Å². The Kier molecular flexibility index (Phi) is 5.06. The van der Waals surface area contributed by atoms with Crippen molar-refractivity contribution >= 4 is 29.3 Å². The summed E-state index contributed by atoms with van der Waals surface area (Å²) in [6.45, 7) is 5.92. The lowest BCUT2D eigenvalue weighted by molar-refractivity contribution is -0.128. The molecule has 2 heterocycles. The molecule has 3 rings (SSSR count). The molecule has 114 valence electrons. The maximum atomic E-state index is 12.2. The normalized spacial score (nSPS) is 23.8. The van der Waals surface area contributed by atoms with E-state index in [9.17, 15) is 4.79 Å². The van der Waals surface area contributed by atoms with Crippen molar-refractivity contribution in [2.45, 2.75) is 5.37 Å². The van der Waals surface area contributed by atoms with E-state index in [1.807, 2.05) is 29.2 Å². The lowest BCUT2D eigenvalue weighted by atomic mass is 10.2. The van der Waals surface area contributed by atoms with E-state index in [1.165, 1.54) is 0 Å². The molecule has 2 fully saturated rings. The van der Waals surface area contributed by atoms with E-state index < -0.39 is 0 Å². The second-order valence-corrected chi connectivity index (χ2v) is 6.84. The Hall–Kier alpha value is -0.750. The van der Waals surface area contributed by atoms with Crippen molar-refractivity contribution < 1.29 is 4.79 Å². The smallest absolute Gasteiger partial charge is 0.233 e. The zero-order valence-corrected chi connectivity index (χ0v) is 13.5. The molecule has 1 unspecified atom stereocenters. The third-order valence-corrected chi connectivity index (χ3v) is 5.59. The lowest BCUT2D eigenvalue weighted by Crippen LogP contribution is -2.46. The van der Waals surface area contributed by atoms with E-state index in [2.05, 4.69) is 10.2 Å². The van der Waals surface area contributed by atoms with Gasteiger partial charge in [-0.25, -0.2) is 0 Å². The molecule has 1 atom stereocenters. The molecule has 1 aromatic rings. The van der Waals surface area contributed by atoms with Crippen molar-refractivity contribution in [1.82, 2.24) is 15.1 Å². The minimum absolute atomic E-state index is 0.0640. The lowest BCUT2D eigenvalue weighted by Gasteiger charge is -2.31. The molecule has 1 amide bonds. The summed E-state index contributed by atoms with van der Waals surface area (Å²) in [4.78, 5) is 16.6. The molecule has 6 heteroatoms. The maximum Gasteiger partial charge on any atom is 0.233 e. The molecule has 0 aliphatic carbocycles. The molecule has 0 bridgehead atoms. The van der Waals surface area contributed by atoms with E-state index in [4.69, 9.17) is 11.6 Å². The monoisotopic (exact) mass is 325 g/mol. The number of halogens is 1. The van der Waals surface area contributed by atoms with Crippen LogP contribution < -0.4 is 5.32 Å². The van der Waals surface area contributed by atoms with Crippen LogP contribution in [0.4, 0.5) is 0 Å². The predicted molar refractivity (Wildman–Crippen MR) is 87.7 cm³/mol. The quantitative estimate of drug-likeness (QED) is 0.916. The number of amides is 1. The van der Waals surface area contributed by atoms with E-state index in [1.54, 1.807) is 11.8 Å².